The van der Waals surface area contributed by atoms with Gasteiger partial charge in [-0.1, -0.05) is 24.4 Å². The second kappa shape index (κ2) is 12.0. The van der Waals surface area contributed by atoms with Crippen LogP contribution < -0.4 is 9.47 Å². The van der Waals surface area contributed by atoms with Crippen LogP contribution in [0.4, 0.5) is 0 Å². The molecule has 0 fully saturated rings. The van der Waals surface area contributed by atoms with Gasteiger partial charge in [-0.3, -0.25) is 9.13 Å². The van der Waals surface area contributed by atoms with Crippen LogP contribution in [0, 0.1) is 23.1 Å². The highest BCUT2D eigenvalue weighted by atomic mass is 32.1. The third kappa shape index (κ3) is 5.67. The lowest BCUT2D eigenvalue weighted by Crippen LogP contribution is -2.00. The summed E-state index contributed by atoms with van der Waals surface area (Å²) in [6.45, 7) is 3.90. The largest absolute Gasteiger partial charge is 0.508 e. The third-order valence-corrected chi connectivity index (χ3v) is 7.59. The molecule has 0 spiro atoms. The molecule has 0 atom stereocenters. The maximum absolute atomic E-state index is 9.61. The van der Waals surface area contributed by atoms with E-state index in [2.05, 4.69) is 9.97 Å². The van der Waals surface area contributed by atoms with Gasteiger partial charge in [-0.2, -0.15) is 0 Å². The highest BCUT2D eigenvalue weighted by Gasteiger charge is 2.09. The molecule has 0 bridgehead atoms. The van der Waals surface area contributed by atoms with Crippen molar-refractivity contribution in [2.45, 2.75) is 13.8 Å². The topological polar surface area (TPSA) is 94.6 Å². The van der Waals surface area contributed by atoms with Crippen LogP contribution in [0.5, 0.6) is 23.0 Å². The average molecular weight is 597 g/mol. The Kier molecular flexibility index (Phi) is 8.19. The van der Waals surface area contributed by atoms with Crippen molar-refractivity contribution in [2.24, 2.45) is 0 Å². The van der Waals surface area contributed by atoms with Gasteiger partial charge in [0.05, 0.1) is 25.3 Å². The molecule has 6 rings (SSSR count). The van der Waals surface area contributed by atoms with Gasteiger partial charge in [0, 0.05) is 34.3 Å². The lowest BCUT2D eigenvalue weighted by atomic mass is 10.1. The summed E-state index contributed by atoms with van der Waals surface area (Å²) in [4.78, 5) is 8.85. The molecule has 42 heavy (non-hydrogen) atoms. The highest BCUT2D eigenvalue weighted by Crippen LogP contribution is 2.27. The molecule has 10 heteroatoms. The second-order valence-corrected chi connectivity index (χ2v) is 10.3. The lowest BCUT2D eigenvalue weighted by Gasteiger charge is -2.11. The molecule has 2 heterocycles. The van der Waals surface area contributed by atoms with Crippen LogP contribution in [0.15, 0.2) is 85.5 Å². The Balaban J connectivity index is 0.000000169. The minimum Gasteiger partial charge on any atom is -0.508 e. The van der Waals surface area contributed by atoms with E-state index < -0.39 is 0 Å². The second-order valence-electron chi connectivity index (χ2n) is 9.55. The van der Waals surface area contributed by atoms with Gasteiger partial charge in [0.1, 0.15) is 44.9 Å². The molecule has 0 radical (unpaired) electrons. The van der Waals surface area contributed by atoms with Gasteiger partial charge in [0.2, 0.25) is 0 Å². The first-order valence-corrected chi connectivity index (χ1v) is 13.7. The molecule has 0 saturated carbocycles. The van der Waals surface area contributed by atoms with Crippen LogP contribution in [-0.2, 0) is 0 Å². The van der Waals surface area contributed by atoms with Gasteiger partial charge in [-0.25, -0.2) is 9.97 Å². The fourth-order valence-electron chi connectivity index (χ4n) is 4.67. The molecule has 4 aromatic carbocycles. The molecule has 6 aromatic rings. The molecule has 0 aliphatic rings. The highest BCUT2D eigenvalue weighted by molar-refractivity contribution is 7.71. The Hall–Kier alpha value is -4.80. The fourth-order valence-corrected chi connectivity index (χ4v) is 5.51. The van der Waals surface area contributed by atoms with Gasteiger partial charge in [0.15, 0.2) is 0 Å². The van der Waals surface area contributed by atoms with Gasteiger partial charge < -0.3 is 19.7 Å². The summed E-state index contributed by atoms with van der Waals surface area (Å²) < 4.78 is 15.5. The summed E-state index contributed by atoms with van der Waals surface area (Å²) in [5, 5.41) is 20.8. The number of methoxy groups -OCH3 is 2. The molecule has 2 aromatic heterocycles. The number of aromatic nitrogens is 4. The lowest BCUT2D eigenvalue weighted by molar-refractivity contribution is 0.414. The summed E-state index contributed by atoms with van der Waals surface area (Å²) in [6.07, 6.45) is 3.36. The van der Waals surface area contributed by atoms with Crippen LogP contribution in [0.25, 0.3) is 33.2 Å². The van der Waals surface area contributed by atoms with E-state index in [-0.39, 0.29) is 11.5 Å². The van der Waals surface area contributed by atoms with Crippen molar-refractivity contribution in [3.8, 4) is 34.4 Å². The van der Waals surface area contributed by atoms with Gasteiger partial charge >= 0.3 is 0 Å². The van der Waals surface area contributed by atoms with E-state index in [4.69, 9.17) is 33.9 Å². The first kappa shape index (κ1) is 28.7. The molecular formula is C32H28N4O4S2. The number of nitrogens with zero attached hydrogens (tertiary/aromatic N) is 4. The Morgan fingerprint density at radius 1 is 0.595 bits per heavy atom. The molecule has 0 amide bonds. The first-order chi connectivity index (χ1) is 20.2. The Labute approximate surface area is 252 Å². The maximum Gasteiger partial charge on any atom is 0.121 e. The van der Waals surface area contributed by atoms with Crippen molar-refractivity contribution in [1.82, 2.24) is 19.1 Å². The van der Waals surface area contributed by atoms with E-state index in [0.717, 1.165) is 54.9 Å². The van der Waals surface area contributed by atoms with E-state index in [1.807, 2.05) is 54.8 Å². The van der Waals surface area contributed by atoms with E-state index in [0.29, 0.717) is 10.2 Å². The first-order valence-electron chi connectivity index (χ1n) is 12.9. The number of rotatable bonds is 4. The smallest absolute Gasteiger partial charge is 0.121 e. The molecule has 2 N–H and O–H groups in total. The third-order valence-electron chi connectivity index (χ3n) is 6.79. The van der Waals surface area contributed by atoms with E-state index >= 15 is 0 Å². The Morgan fingerprint density at radius 2 is 1.07 bits per heavy atom. The number of ether oxygens (including phenoxy) is 2. The zero-order chi connectivity index (χ0) is 30.0. The average Bonchev–Trinajstić information content (AvgIpc) is 2.98. The van der Waals surface area contributed by atoms with Crippen molar-refractivity contribution < 1.29 is 19.7 Å². The predicted octanol–water partition coefficient (Wildman–Crippen LogP) is 7.56. The standard InChI is InChI=1S/C17H16N2O2S.C15H12N2O2S/c1-11-8-14(21-3)9-15-16(11)17(22)19(10-18-15)12-4-6-13(20-2)7-5-12;1-9-6-12(19)7-13-14(9)15(20)17(8-16-13)10-2-4-11(18)5-3-10/h4-10H,1-3H3;2-8,18-19H,1H3. The number of hydrogen-bond donors (Lipinski definition) is 2. The molecule has 0 aliphatic heterocycles. The molecule has 0 aliphatic carbocycles. The summed E-state index contributed by atoms with van der Waals surface area (Å²) in [5.74, 6) is 1.98. The number of aryl methyl sites for hydroxylation is 2. The van der Waals surface area contributed by atoms with Crippen molar-refractivity contribution in [1.29, 1.82) is 0 Å². The van der Waals surface area contributed by atoms with Crippen LogP contribution in [-0.4, -0.2) is 43.5 Å². The Bertz CT molecular complexity index is 2040. The summed E-state index contributed by atoms with van der Waals surface area (Å²) in [5.41, 5.74) is 5.22. The number of hydrogen-bond acceptors (Lipinski definition) is 8. The minimum atomic E-state index is 0.180. The number of benzene rings is 4. The quantitative estimate of drug-likeness (QED) is 0.202. The monoisotopic (exact) mass is 596 g/mol. The minimum absolute atomic E-state index is 0.180. The maximum atomic E-state index is 9.61. The normalized spacial score (nSPS) is 10.8. The molecule has 212 valence electrons. The summed E-state index contributed by atoms with van der Waals surface area (Å²) in [6, 6.07) is 21.6. The van der Waals surface area contributed by atoms with Crippen LogP contribution in [0.3, 0.4) is 0 Å². The fraction of sp³-hybridized carbons (Fsp3) is 0.125. The van der Waals surface area contributed by atoms with Crippen molar-refractivity contribution in [2.75, 3.05) is 14.2 Å². The summed E-state index contributed by atoms with van der Waals surface area (Å²) >= 11 is 11.2. The Morgan fingerprint density at radius 3 is 1.60 bits per heavy atom. The van der Waals surface area contributed by atoms with E-state index in [1.165, 1.54) is 0 Å². The van der Waals surface area contributed by atoms with E-state index in [9.17, 15) is 10.2 Å². The van der Waals surface area contributed by atoms with Crippen molar-refractivity contribution >= 4 is 46.2 Å². The molecular weight excluding hydrogens is 569 g/mol. The van der Waals surface area contributed by atoms with Crippen molar-refractivity contribution in [3.05, 3.63) is 106 Å². The van der Waals surface area contributed by atoms with Crippen LogP contribution in [0.2, 0.25) is 0 Å². The number of phenolic OH excluding ortho intramolecular Hbond substituents is 2. The SMILES string of the molecule is COc1ccc(-n2cnc3cc(OC)cc(C)c3c2=S)cc1.Cc1cc(O)cc2ncn(-c3ccc(O)cc3)c(=S)c12. The molecule has 0 saturated heterocycles. The number of fused-ring (bicyclic) bond motifs is 2. The van der Waals surface area contributed by atoms with Crippen LogP contribution >= 0.6 is 24.4 Å². The van der Waals surface area contributed by atoms with Gasteiger partial charge in [-0.15, -0.1) is 0 Å². The molecule has 0 unspecified atom stereocenters. The number of phenols is 2. The molecule has 8 nitrogen and oxygen atoms in total. The van der Waals surface area contributed by atoms with Gasteiger partial charge in [-0.05, 0) is 85.6 Å². The predicted molar refractivity (Wildman–Crippen MR) is 170 cm³/mol. The van der Waals surface area contributed by atoms with Crippen molar-refractivity contribution in [3.63, 3.8) is 0 Å². The number of aromatic hydroxyl groups is 2. The summed E-state index contributed by atoms with van der Waals surface area (Å²) in [7, 11) is 3.30. The zero-order valence-electron chi connectivity index (χ0n) is 23.4. The zero-order valence-corrected chi connectivity index (χ0v) is 25.0. The van der Waals surface area contributed by atoms with Gasteiger partial charge in [0.25, 0.3) is 0 Å². The van der Waals surface area contributed by atoms with E-state index in [1.54, 1.807) is 67.8 Å². The van der Waals surface area contributed by atoms with Crippen LogP contribution in [0.1, 0.15) is 11.1 Å².